The van der Waals surface area contributed by atoms with Crippen LogP contribution in [0.3, 0.4) is 0 Å². The molecule has 0 saturated heterocycles. The van der Waals surface area contributed by atoms with E-state index in [9.17, 15) is 4.79 Å². The minimum atomic E-state index is -0.280. The monoisotopic (exact) mass is 276 g/mol. The van der Waals surface area contributed by atoms with Crippen LogP contribution < -0.4 is 4.74 Å². The maximum Gasteiger partial charge on any atom is 0.344 e. The predicted octanol–water partition coefficient (Wildman–Crippen LogP) is 3.87. The Labute approximate surface area is 121 Å². The number of hydrogen-bond donors (Lipinski definition) is 0. The van der Waals surface area contributed by atoms with Crippen molar-refractivity contribution >= 4 is 5.97 Å². The Morgan fingerprint density at radius 2 is 1.70 bits per heavy atom. The summed E-state index contributed by atoms with van der Waals surface area (Å²) in [7, 11) is 0. The molecular weight excluding hydrogens is 252 g/mol. The Balaban J connectivity index is 1.93. The topological polar surface area (TPSA) is 35.5 Å². The van der Waals surface area contributed by atoms with Crippen LogP contribution in [0.5, 0.6) is 5.75 Å². The SMILES string of the molecule is Cc1cc(C)c(OCC(=O)OC2(C)CCCC2)c(C)c1. The van der Waals surface area contributed by atoms with E-state index >= 15 is 0 Å². The molecule has 110 valence electrons. The van der Waals surface area contributed by atoms with Crippen molar-refractivity contribution < 1.29 is 14.3 Å². The van der Waals surface area contributed by atoms with E-state index in [0.29, 0.717) is 0 Å². The number of esters is 1. The quantitative estimate of drug-likeness (QED) is 0.783. The fraction of sp³-hybridized carbons (Fsp3) is 0.588. The maximum atomic E-state index is 11.9. The highest BCUT2D eigenvalue weighted by atomic mass is 16.6. The van der Waals surface area contributed by atoms with E-state index in [1.807, 2.05) is 20.8 Å². The summed E-state index contributed by atoms with van der Waals surface area (Å²) < 4.78 is 11.2. The zero-order valence-corrected chi connectivity index (χ0v) is 12.9. The van der Waals surface area contributed by atoms with Crippen LogP contribution in [0.1, 0.15) is 49.3 Å². The van der Waals surface area contributed by atoms with Crippen LogP contribution in [-0.4, -0.2) is 18.2 Å². The first-order chi connectivity index (χ1) is 9.39. The molecule has 3 nitrogen and oxygen atoms in total. The molecule has 0 unspecified atom stereocenters. The predicted molar refractivity (Wildman–Crippen MR) is 79.1 cm³/mol. The highest BCUT2D eigenvalue weighted by Crippen LogP contribution is 2.32. The molecule has 0 bridgehead atoms. The van der Waals surface area contributed by atoms with Gasteiger partial charge in [-0.15, -0.1) is 0 Å². The smallest absolute Gasteiger partial charge is 0.344 e. The number of aryl methyl sites for hydroxylation is 3. The summed E-state index contributed by atoms with van der Waals surface area (Å²) in [6.45, 7) is 8.05. The molecule has 0 atom stereocenters. The molecule has 1 fully saturated rings. The van der Waals surface area contributed by atoms with Gasteiger partial charge in [-0.25, -0.2) is 4.79 Å². The number of hydrogen-bond acceptors (Lipinski definition) is 3. The van der Waals surface area contributed by atoms with Crippen molar-refractivity contribution in [3.63, 3.8) is 0 Å². The Morgan fingerprint density at radius 1 is 1.15 bits per heavy atom. The number of rotatable bonds is 4. The lowest BCUT2D eigenvalue weighted by Crippen LogP contribution is -2.30. The average molecular weight is 276 g/mol. The first-order valence-electron chi connectivity index (χ1n) is 7.32. The molecule has 1 aliphatic carbocycles. The zero-order valence-electron chi connectivity index (χ0n) is 12.9. The van der Waals surface area contributed by atoms with E-state index in [1.54, 1.807) is 0 Å². The van der Waals surface area contributed by atoms with Gasteiger partial charge in [0.15, 0.2) is 6.61 Å². The molecule has 0 amide bonds. The van der Waals surface area contributed by atoms with E-state index in [2.05, 4.69) is 19.1 Å². The van der Waals surface area contributed by atoms with E-state index in [1.165, 1.54) is 5.56 Å². The molecule has 0 N–H and O–H groups in total. The van der Waals surface area contributed by atoms with E-state index in [4.69, 9.17) is 9.47 Å². The van der Waals surface area contributed by atoms with Gasteiger partial charge in [0.2, 0.25) is 0 Å². The van der Waals surface area contributed by atoms with Gasteiger partial charge in [-0.3, -0.25) is 0 Å². The second kappa shape index (κ2) is 5.86. The van der Waals surface area contributed by atoms with Gasteiger partial charge in [-0.2, -0.15) is 0 Å². The van der Waals surface area contributed by atoms with Crippen LogP contribution in [0, 0.1) is 20.8 Å². The second-order valence-corrected chi connectivity index (χ2v) is 6.15. The van der Waals surface area contributed by atoms with Crippen LogP contribution in [0.25, 0.3) is 0 Å². The summed E-state index contributed by atoms with van der Waals surface area (Å²) in [6, 6.07) is 4.12. The second-order valence-electron chi connectivity index (χ2n) is 6.15. The molecular formula is C17H24O3. The number of benzene rings is 1. The highest BCUT2D eigenvalue weighted by Gasteiger charge is 2.32. The lowest BCUT2D eigenvalue weighted by atomic mass is 10.1. The Kier molecular flexibility index (Phi) is 4.36. The van der Waals surface area contributed by atoms with Crippen molar-refractivity contribution in [2.75, 3.05) is 6.61 Å². The maximum absolute atomic E-state index is 11.9. The van der Waals surface area contributed by atoms with Crippen molar-refractivity contribution in [2.45, 2.75) is 59.0 Å². The lowest BCUT2D eigenvalue weighted by Gasteiger charge is -2.24. The summed E-state index contributed by atoms with van der Waals surface area (Å²) >= 11 is 0. The minimum absolute atomic E-state index is 0.0136. The Hall–Kier alpha value is -1.51. The van der Waals surface area contributed by atoms with Crippen molar-refractivity contribution in [2.24, 2.45) is 0 Å². The number of carbonyl (C=O) groups excluding carboxylic acids is 1. The first kappa shape index (κ1) is 14.9. The fourth-order valence-corrected chi connectivity index (χ4v) is 3.05. The molecule has 0 heterocycles. The van der Waals surface area contributed by atoms with Gasteiger partial charge in [0.1, 0.15) is 11.4 Å². The highest BCUT2D eigenvalue weighted by molar-refractivity contribution is 5.71. The van der Waals surface area contributed by atoms with Gasteiger partial charge in [0.05, 0.1) is 0 Å². The van der Waals surface area contributed by atoms with Gasteiger partial charge in [0.25, 0.3) is 0 Å². The van der Waals surface area contributed by atoms with Crippen LogP contribution in [-0.2, 0) is 9.53 Å². The van der Waals surface area contributed by atoms with Crippen molar-refractivity contribution in [1.82, 2.24) is 0 Å². The number of ether oxygens (including phenoxy) is 2. The molecule has 1 aromatic rings. The van der Waals surface area contributed by atoms with Gasteiger partial charge in [-0.1, -0.05) is 17.7 Å². The first-order valence-corrected chi connectivity index (χ1v) is 7.32. The molecule has 1 saturated carbocycles. The molecule has 1 aliphatic rings. The third-order valence-electron chi connectivity index (χ3n) is 3.96. The van der Waals surface area contributed by atoms with E-state index < -0.39 is 0 Å². The molecule has 2 rings (SSSR count). The fourth-order valence-electron chi connectivity index (χ4n) is 3.05. The summed E-state index contributed by atoms with van der Waals surface area (Å²) in [5.74, 6) is 0.526. The van der Waals surface area contributed by atoms with Crippen LogP contribution in [0.4, 0.5) is 0 Å². The summed E-state index contributed by atoms with van der Waals surface area (Å²) in [5, 5.41) is 0. The molecule has 0 spiro atoms. The molecule has 0 aromatic heterocycles. The van der Waals surface area contributed by atoms with Crippen LogP contribution in [0.15, 0.2) is 12.1 Å². The van der Waals surface area contributed by atoms with Crippen molar-refractivity contribution in [1.29, 1.82) is 0 Å². The zero-order chi connectivity index (χ0) is 14.8. The van der Waals surface area contributed by atoms with E-state index in [-0.39, 0.29) is 18.2 Å². The summed E-state index contributed by atoms with van der Waals surface area (Å²) in [6.07, 6.45) is 4.20. The largest absolute Gasteiger partial charge is 0.481 e. The molecule has 20 heavy (non-hydrogen) atoms. The Morgan fingerprint density at radius 3 is 2.25 bits per heavy atom. The molecule has 0 radical (unpaired) electrons. The standard InChI is InChI=1S/C17H24O3/c1-12-9-13(2)16(14(3)10-12)19-11-15(18)20-17(4)7-5-6-8-17/h9-10H,5-8,11H2,1-4H3. The van der Waals surface area contributed by atoms with Gasteiger partial charge in [0, 0.05) is 0 Å². The molecule has 1 aromatic carbocycles. The van der Waals surface area contributed by atoms with Crippen LogP contribution >= 0.6 is 0 Å². The third kappa shape index (κ3) is 3.53. The van der Waals surface area contributed by atoms with Crippen molar-refractivity contribution in [3.8, 4) is 5.75 Å². The average Bonchev–Trinajstić information content (AvgIpc) is 2.74. The van der Waals surface area contributed by atoms with Gasteiger partial charge < -0.3 is 9.47 Å². The third-order valence-corrected chi connectivity index (χ3v) is 3.96. The van der Waals surface area contributed by atoms with Crippen molar-refractivity contribution in [3.05, 3.63) is 28.8 Å². The lowest BCUT2D eigenvalue weighted by molar-refractivity contribution is -0.159. The normalized spacial score (nSPS) is 17.0. The van der Waals surface area contributed by atoms with Gasteiger partial charge in [-0.05, 0) is 64.5 Å². The summed E-state index contributed by atoms with van der Waals surface area (Å²) in [5.41, 5.74) is 3.04. The van der Waals surface area contributed by atoms with Gasteiger partial charge >= 0.3 is 5.97 Å². The Bertz CT molecular complexity index is 476. The van der Waals surface area contributed by atoms with E-state index in [0.717, 1.165) is 42.6 Å². The molecule has 0 aliphatic heterocycles. The minimum Gasteiger partial charge on any atom is -0.481 e. The van der Waals surface area contributed by atoms with Crippen LogP contribution in [0.2, 0.25) is 0 Å². The number of carbonyl (C=O) groups is 1. The molecule has 3 heteroatoms. The summed E-state index contributed by atoms with van der Waals surface area (Å²) in [4.78, 5) is 11.9.